The fourth-order valence-electron chi connectivity index (χ4n) is 4.54. The van der Waals surface area contributed by atoms with Crippen molar-refractivity contribution in [3.05, 3.63) is 34.9 Å². The first-order valence-corrected chi connectivity index (χ1v) is 8.99. The van der Waals surface area contributed by atoms with Crippen molar-refractivity contribution >= 4 is 5.91 Å². The molecule has 1 heterocycles. The molecule has 3 nitrogen and oxygen atoms in total. The largest absolute Gasteiger partial charge is 0.390 e. The first-order valence-electron chi connectivity index (χ1n) is 8.99. The lowest BCUT2D eigenvalue weighted by molar-refractivity contribution is -0.130. The number of benzene rings is 1. The Morgan fingerprint density at radius 2 is 2.13 bits per heavy atom. The molecule has 1 aliphatic carbocycles. The van der Waals surface area contributed by atoms with E-state index in [4.69, 9.17) is 0 Å². The third-order valence-corrected chi connectivity index (χ3v) is 6.13. The minimum atomic E-state index is -0.558. The van der Waals surface area contributed by atoms with Crippen LogP contribution in [-0.2, 0) is 11.2 Å². The van der Waals surface area contributed by atoms with Gasteiger partial charge in [-0.15, -0.1) is 0 Å². The predicted octanol–water partition coefficient (Wildman–Crippen LogP) is 3.25. The van der Waals surface area contributed by atoms with Crippen LogP contribution >= 0.6 is 0 Å². The summed E-state index contributed by atoms with van der Waals surface area (Å²) in [6.07, 6.45) is 4.42. The van der Waals surface area contributed by atoms with Gasteiger partial charge in [-0.2, -0.15) is 0 Å². The minimum Gasteiger partial charge on any atom is -0.390 e. The van der Waals surface area contributed by atoms with E-state index in [-0.39, 0.29) is 11.8 Å². The predicted molar refractivity (Wildman–Crippen MR) is 92.3 cm³/mol. The average Bonchev–Trinajstić information content (AvgIpc) is 2.97. The highest BCUT2D eigenvalue weighted by Crippen LogP contribution is 2.44. The van der Waals surface area contributed by atoms with Crippen LogP contribution in [0.4, 0.5) is 0 Å². The van der Waals surface area contributed by atoms with Gasteiger partial charge in [-0.1, -0.05) is 37.1 Å². The molecule has 3 heteroatoms. The highest BCUT2D eigenvalue weighted by Gasteiger charge is 2.48. The lowest BCUT2D eigenvalue weighted by atomic mass is 9.69. The van der Waals surface area contributed by atoms with Gasteiger partial charge in [0.15, 0.2) is 0 Å². The lowest BCUT2D eigenvalue weighted by Crippen LogP contribution is -2.44. The molecule has 1 aromatic carbocycles. The molecule has 0 unspecified atom stereocenters. The average molecular weight is 315 g/mol. The standard InChI is InChI=1S/C20H29NO2/c1-4-20(23)9-5-6-16-12-21(13-18(16)20)19(22)11-17-10-14(2)7-8-15(17)3/h7-8,10,16,18,23H,4-6,9,11-13H2,1-3H3/t16-,18+,20-/m1/s1. The van der Waals surface area contributed by atoms with Gasteiger partial charge in [-0.25, -0.2) is 0 Å². The Labute approximate surface area is 139 Å². The van der Waals surface area contributed by atoms with Gasteiger partial charge in [0.25, 0.3) is 0 Å². The zero-order valence-corrected chi connectivity index (χ0v) is 14.6. The van der Waals surface area contributed by atoms with Gasteiger partial charge < -0.3 is 10.0 Å². The topological polar surface area (TPSA) is 40.5 Å². The van der Waals surface area contributed by atoms with E-state index < -0.39 is 5.60 Å². The first kappa shape index (κ1) is 16.5. The highest BCUT2D eigenvalue weighted by atomic mass is 16.3. The van der Waals surface area contributed by atoms with Crippen molar-refractivity contribution < 1.29 is 9.90 Å². The van der Waals surface area contributed by atoms with Crippen molar-refractivity contribution in [2.45, 2.75) is 58.5 Å². The number of fused-ring (bicyclic) bond motifs is 1. The second-order valence-corrected chi connectivity index (χ2v) is 7.62. The Kier molecular flexibility index (Phi) is 4.50. The van der Waals surface area contributed by atoms with Gasteiger partial charge in [-0.3, -0.25) is 4.79 Å². The third-order valence-electron chi connectivity index (χ3n) is 6.13. The van der Waals surface area contributed by atoms with Crippen LogP contribution in [0.1, 0.15) is 49.3 Å². The molecule has 1 N–H and O–H groups in total. The monoisotopic (exact) mass is 315 g/mol. The maximum absolute atomic E-state index is 12.8. The highest BCUT2D eigenvalue weighted by molar-refractivity contribution is 5.79. The summed E-state index contributed by atoms with van der Waals surface area (Å²) in [4.78, 5) is 14.8. The molecule has 1 aromatic rings. The Morgan fingerprint density at radius 1 is 1.35 bits per heavy atom. The molecule has 2 aliphatic rings. The SMILES string of the molecule is CC[C@@]1(O)CCC[C@@H]2CN(C(=O)Cc3cc(C)ccc3C)C[C@@H]21. The number of amides is 1. The summed E-state index contributed by atoms with van der Waals surface area (Å²) in [7, 11) is 0. The molecule has 2 fully saturated rings. The molecule has 3 atom stereocenters. The van der Waals surface area contributed by atoms with Gasteiger partial charge in [0.2, 0.25) is 5.91 Å². The molecule has 1 amide bonds. The number of aliphatic hydroxyl groups is 1. The van der Waals surface area contributed by atoms with E-state index in [0.717, 1.165) is 44.3 Å². The summed E-state index contributed by atoms with van der Waals surface area (Å²) < 4.78 is 0. The van der Waals surface area contributed by atoms with Crippen LogP contribution in [0.25, 0.3) is 0 Å². The van der Waals surface area contributed by atoms with Crippen LogP contribution in [0.2, 0.25) is 0 Å². The lowest BCUT2D eigenvalue weighted by Gasteiger charge is -2.40. The summed E-state index contributed by atoms with van der Waals surface area (Å²) in [6.45, 7) is 7.78. The number of aryl methyl sites for hydroxylation is 2. The van der Waals surface area contributed by atoms with Crippen LogP contribution in [0.5, 0.6) is 0 Å². The van der Waals surface area contributed by atoms with Gasteiger partial charge in [0.05, 0.1) is 12.0 Å². The molecular formula is C20H29NO2. The fourth-order valence-corrected chi connectivity index (χ4v) is 4.54. The molecule has 1 saturated carbocycles. The van der Waals surface area contributed by atoms with Gasteiger partial charge in [-0.05, 0) is 50.2 Å². The van der Waals surface area contributed by atoms with Crippen molar-refractivity contribution in [3.63, 3.8) is 0 Å². The second kappa shape index (κ2) is 6.27. The Balaban J connectivity index is 1.71. The molecule has 0 radical (unpaired) electrons. The fraction of sp³-hybridized carbons (Fsp3) is 0.650. The van der Waals surface area contributed by atoms with E-state index in [9.17, 15) is 9.90 Å². The quantitative estimate of drug-likeness (QED) is 0.930. The van der Waals surface area contributed by atoms with Gasteiger partial charge >= 0.3 is 0 Å². The van der Waals surface area contributed by atoms with Crippen LogP contribution in [0.15, 0.2) is 18.2 Å². The number of rotatable bonds is 3. The zero-order valence-electron chi connectivity index (χ0n) is 14.6. The molecule has 1 saturated heterocycles. The van der Waals surface area contributed by atoms with E-state index in [1.807, 2.05) is 4.90 Å². The maximum Gasteiger partial charge on any atom is 0.227 e. The van der Waals surface area contributed by atoms with Crippen molar-refractivity contribution in [3.8, 4) is 0 Å². The molecule has 23 heavy (non-hydrogen) atoms. The van der Waals surface area contributed by atoms with Crippen molar-refractivity contribution in [2.75, 3.05) is 13.1 Å². The number of hydrogen-bond acceptors (Lipinski definition) is 2. The van der Waals surface area contributed by atoms with Crippen LogP contribution < -0.4 is 0 Å². The first-order chi connectivity index (χ1) is 10.9. The maximum atomic E-state index is 12.8. The van der Waals surface area contributed by atoms with E-state index in [1.165, 1.54) is 11.1 Å². The van der Waals surface area contributed by atoms with Crippen molar-refractivity contribution in [1.82, 2.24) is 4.90 Å². The third kappa shape index (κ3) is 3.16. The second-order valence-electron chi connectivity index (χ2n) is 7.62. The summed E-state index contributed by atoms with van der Waals surface area (Å²) in [5.41, 5.74) is 2.96. The van der Waals surface area contributed by atoms with Crippen LogP contribution in [-0.4, -0.2) is 34.6 Å². The normalized spacial score (nSPS) is 30.3. The Morgan fingerprint density at radius 3 is 2.87 bits per heavy atom. The number of carbonyl (C=O) groups is 1. The summed E-state index contributed by atoms with van der Waals surface area (Å²) >= 11 is 0. The summed E-state index contributed by atoms with van der Waals surface area (Å²) in [6, 6.07) is 6.31. The number of hydrogen-bond donors (Lipinski definition) is 1. The molecule has 0 aromatic heterocycles. The molecular weight excluding hydrogens is 286 g/mol. The number of carbonyl (C=O) groups excluding carboxylic acids is 1. The van der Waals surface area contributed by atoms with Gasteiger partial charge in [0, 0.05) is 19.0 Å². The van der Waals surface area contributed by atoms with Crippen LogP contribution in [0.3, 0.4) is 0 Å². The van der Waals surface area contributed by atoms with E-state index >= 15 is 0 Å². The number of nitrogens with zero attached hydrogens (tertiary/aromatic N) is 1. The van der Waals surface area contributed by atoms with Crippen molar-refractivity contribution in [1.29, 1.82) is 0 Å². The van der Waals surface area contributed by atoms with E-state index in [2.05, 4.69) is 39.0 Å². The minimum absolute atomic E-state index is 0.214. The molecule has 1 aliphatic heterocycles. The Hall–Kier alpha value is -1.35. The van der Waals surface area contributed by atoms with Crippen LogP contribution in [0, 0.1) is 25.7 Å². The summed E-state index contributed by atoms with van der Waals surface area (Å²) in [5.74, 6) is 0.964. The molecule has 126 valence electrons. The smallest absolute Gasteiger partial charge is 0.227 e. The number of likely N-dealkylation sites (tertiary alicyclic amines) is 1. The molecule has 0 spiro atoms. The molecule has 3 rings (SSSR count). The summed E-state index contributed by atoms with van der Waals surface area (Å²) in [5, 5.41) is 10.9. The van der Waals surface area contributed by atoms with Crippen molar-refractivity contribution in [2.24, 2.45) is 11.8 Å². The molecule has 0 bridgehead atoms. The zero-order chi connectivity index (χ0) is 16.6. The Bertz CT molecular complexity index is 597. The van der Waals surface area contributed by atoms with E-state index in [1.54, 1.807) is 0 Å². The van der Waals surface area contributed by atoms with Gasteiger partial charge in [0.1, 0.15) is 0 Å². The van der Waals surface area contributed by atoms with E-state index in [0.29, 0.717) is 12.3 Å².